The molecule has 0 N–H and O–H groups in total. The van der Waals surface area contributed by atoms with Crippen LogP contribution in [0.1, 0.15) is 68.6 Å². The first-order valence-electron chi connectivity index (χ1n) is 12.3. The highest BCUT2D eigenvalue weighted by Gasteiger charge is 2.38. The second-order valence-electron chi connectivity index (χ2n) is 9.25. The van der Waals surface area contributed by atoms with Gasteiger partial charge in [0.15, 0.2) is 0 Å². The molecule has 2 atom stereocenters. The van der Waals surface area contributed by atoms with Crippen LogP contribution in [0.25, 0.3) is 10.8 Å². The summed E-state index contributed by atoms with van der Waals surface area (Å²) < 4.78 is 0. The van der Waals surface area contributed by atoms with Crippen LogP contribution in [0.15, 0.2) is 103 Å². The van der Waals surface area contributed by atoms with Crippen molar-refractivity contribution in [2.75, 3.05) is 0 Å². The van der Waals surface area contributed by atoms with Gasteiger partial charge < -0.3 is 0 Å². The van der Waals surface area contributed by atoms with Crippen molar-refractivity contribution in [3.05, 3.63) is 120 Å². The van der Waals surface area contributed by atoms with E-state index in [0.717, 1.165) is 6.42 Å². The fraction of sp³-hybridized carbons (Fsp3) is 0.312. The molecule has 0 bridgehead atoms. The average Bonchev–Trinajstić information content (AvgIpc) is 2.86. The number of unbranched alkanes of at least 4 members (excludes halogenated alkanes) is 1. The van der Waals surface area contributed by atoms with E-state index < -0.39 is 0 Å². The van der Waals surface area contributed by atoms with E-state index in [9.17, 15) is 0 Å². The molecule has 0 amide bonds. The first-order valence-corrected chi connectivity index (χ1v) is 12.3. The minimum atomic E-state index is 0.135. The summed E-state index contributed by atoms with van der Waals surface area (Å²) in [4.78, 5) is 0. The minimum Gasteiger partial charge on any atom is -0.0654 e. The van der Waals surface area contributed by atoms with Gasteiger partial charge in [-0.3, -0.25) is 0 Å². The van der Waals surface area contributed by atoms with E-state index >= 15 is 0 Å². The van der Waals surface area contributed by atoms with Crippen molar-refractivity contribution in [2.45, 2.75) is 63.7 Å². The smallest absolute Gasteiger partial charge is 0.00193 e. The zero-order valence-electron chi connectivity index (χ0n) is 19.6. The first kappa shape index (κ1) is 22.3. The molecule has 0 aromatic heterocycles. The molecule has 4 aromatic rings. The van der Waals surface area contributed by atoms with E-state index in [1.807, 2.05) is 0 Å². The topological polar surface area (TPSA) is 0 Å². The summed E-state index contributed by atoms with van der Waals surface area (Å²) >= 11 is 0. The summed E-state index contributed by atoms with van der Waals surface area (Å²) in [7, 11) is 0. The van der Waals surface area contributed by atoms with Gasteiger partial charge in [-0.15, -0.1) is 0 Å². The van der Waals surface area contributed by atoms with Crippen molar-refractivity contribution in [3.8, 4) is 0 Å². The number of hydrogen-bond acceptors (Lipinski definition) is 0. The second kappa shape index (κ2) is 10.6. The molecule has 0 saturated heterocycles. The summed E-state index contributed by atoms with van der Waals surface area (Å²) in [6, 6.07) is 38.1. The Hall–Kier alpha value is -2.86. The third-order valence-electron chi connectivity index (χ3n) is 7.38. The van der Waals surface area contributed by atoms with Gasteiger partial charge in [0, 0.05) is 5.41 Å². The molecule has 0 heterocycles. The van der Waals surface area contributed by atoms with E-state index in [2.05, 4.69) is 117 Å². The van der Waals surface area contributed by atoms with E-state index in [4.69, 9.17) is 0 Å². The molecular formula is C32H36. The summed E-state index contributed by atoms with van der Waals surface area (Å²) in [6.07, 6.45) is 7.27. The average molecular weight is 421 g/mol. The van der Waals surface area contributed by atoms with Crippen LogP contribution in [-0.4, -0.2) is 0 Å². The molecule has 164 valence electrons. The maximum atomic E-state index is 2.48. The van der Waals surface area contributed by atoms with Crippen LogP contribution < -0.4 is 0 Å². The lowest BCUT2D eigenvalue weighted by Crippen LogP contribution is -2.33. The van der Waals surface area contributed by atoms with E-state index in [-0.39, 0.29) is 5.41 Å². The normalized spacial score (nSPS) is 14.2. The molecular weight excluding hydrogens is 384 g/mol. The minimum absolute atomic E-state index is 0.135. The zero-order chi connectivity index (χ0) is 22.2. The van der Waals surface area contributed by atoms with Crippen molar-refractivity contribution in [1.29, 1.82) is 0 Å². The lowest BCUT2D eigenvalue weighted by Gasteiger charge is -2.41. The predicted molar refractivity (Wildman–Crippen MR) is 139 cm³/mol. The quantitative estimate of drug-likeness (QED) is 0.240. The molecule has 4 aromatic carbocycles. The summed E-state index contributed by atoms with van der Waals surface area (Å²) in [5.74, 6) is 0.443. The van der Waals surface area contributed by atoms with E-state index in [1.54, 1.807) is 0 Å². The van der Waals surface area contributed by atoms with Crippen LogP contribution in [0.5, 0.6) is 0 Å². The maximum absolute atomic E-state index is 2.48. The van der Waals surface area contributed by atoms with Crippen molar-refractivity contribution >= 4 is 10.8 Å². The predicted octanol–water partition coefficient (Wildman–Crippen LogP) is 9.09. The van der Waals surface area contributed by atoms with Crippen molar-refractivity contribution in [1.82, 2.24) is 0 Å². The molecule has 0 aliphatic heterocycles. The summed E-state index contributed by atoms with van der Waals surface area (Å²) in [5, 5.41) is 2.75. The van der Waals surface area contributed by atoms with Gasteiger partial charge in [0.05, 0.1) is 0 Å². The van der Waals surface area contributed by atoms with Crippen LogP contribution in [0.2, 0.25) is 0 Å². The van der Waals surface area contributed by atoms with Crippen LogP contribution in [0, 0.1) is 0 Å². The Morgan fingerprint density at radius 1 is 0.656 bits per heavy atom. The largest absolute Gasteiger partial charge is 0.0654 e. The molecule has 0 radical (unpaired) electrons. The van der Waals surface area contributed by atoms with Gasteiger partial charge in [-0.2, -0.15) is 0 Å². The van der Waals surface area contributed by atoms with Crippen LogP contribution in [0.4, 0.5) is 0 Å². The molecule has 0 aliphatic carbocycles. The second-order valence-corrected chi connectivity index (χ2v) is 9.25. The molecule has 0 nitrogen and oxygen atoms in total. The van der Waals surface area contributed by atoms with Gasteiger partial charge in [0.25, 0.3) is 0 Å². The highest BCUT2D eigenvalue weighted by atomic mass is 14.4. The Morgan fingerprint density at radius 2 is 1.28 bits per heavy atom. The number of aryl methyl sites for hydroxylation is 1. The van der Waals surface area contributed by atoms with Gasteiger partial charge in [-0.25, -0.2) is 0 Å². The van der Waals surface area contributed by atoms with Gasteiger partial charge in [0.2, 0.25) is 0 Å². The first-order chi connectivity index (χ1) is 15.7. The zero-order valence-corrected chi connectivity index (χ0v) is 19.6. The maximum Gasteiger partial charge on any atom is 0.00193 e. The van der Waals surface area contributed by atoms with Gasteiger partial charge in [-0.05, 0) is 59.1 Å². The van der Waals surface area contributed by atoms with Crippen LogP contribution in [-0.2, 0) is 11.8 Å². The van der Waals surface area contributed by atoms with Crippen LogP contribution >= 0.6 is 0 Å². The highest BCUT2D eigenvalue weighted by Crippen LogP contribution is 2.48. The van der Waals surface area contributed by atoms with Crippen molar-refractivity contribution < 1.29 is 0 Å². The fourth-order valence-corrected chi connectivity index (χ4v) is 5.54. The van der Waals surface area contributed by atoms with Gasteiger partial charge >= 0.3 is 0 Å². The molecule has 0 spiro atoms. The molecule has 0 saturated carbocycles. The molecule has 0 aliphatic rings. The Bertz CT molecular complexity index is 1090. The molecule has 2 unspecified atom stereocenters. The van der Waals surface area contributed by atoms with E-state index in [1.165, 1.54) is 59.6 Å². The van der Waals surface area contributed by atoms with E-state index in [0.29, 0.717) is 5.92 Å². The third kappa shape index (κ3) is 4.80. The lowest BCUT2D eigenvalue weighted by atomic mass is 9.62. The Balaban J connectivity index is 1.75. The fourth-order valence-electron chi connectivity index (χ4n) is 5.54. The number of fused-ring (bicyclic) bond motifs is 1. The van der Waals surface area contributed by atoms with Crippen molar-refractivity contribution in [3.63, 3.8) is 0 Å². The SMILES string of the molecule is CCCCC(CCCc1ccccc1)(c1ccccc1)C(C)c1cccc2ccccc12. The molecule has 32 heavy (non-hydrogen) atoms. The summed E-state index contributed by atoms with van der Waals surface area (Å²) in [5.41, 5.74) is 4.57. The van der Waals surface area contributed by atoms with Gasteiger partial charge in [0.1, 0.15) is 0 Å². The van der Waals surface area contributed by atoms with Crippen molar-refractivity contribution in [2.24, 2.45) is 0 Å². The number of hydrogen-bond donors (Lipinski definition) is 0. The number of benzene rings is 4. The Kier molecular flexibility index (Phi) is 7.43. The van der Waals surface area contributed by atoms with Gasteiger partial charge in [-0.1, -0.05) is 130 Å². The standard InChI is InChI=1S/C32H36/c1-3-4-24-32(29-20-9-6-10-21-29,25-14-17-27-15-7-5-8-16-27)26(2)30-23-13-19-28-18-11-12-22-31(28)30/h5-13,15-16,18-23,26H,3-4,14,17,24-25H2,1-2H3. The number of rotatable bonds is 10. The van der Waals surface area contributed by atoms with Crippen LogP contribution in [0.3, 0.4) is 0 Å². The third-order valence-corrected chi connectivity index (χ3v) is 7.38. The summed E-state index contributed by atoms with van der Waals surface area (Å²) in [6.45, 7) is 4.80. The Labute approximate surface area is 194 Å². The lowest BCUT2D eigenvalue weighted by molar-refractivity contribution is 0.293. The Morgan fingerprint density at radius 3 is 2.03 bits per heavy atom. The molecule has 4 rings (SSSR count). The highest BCUT2D eigenvalue weighted by molar-refractivity contribution is 5.86. The monoisotopic (exact) mass is 420 g/mol. The molecule has 0 fully saturated rings. The molecule has 0 heteroatoms.